The number of hydrogen-bond acceptors (Lipinski definition) is 4. The molecule has 0 unspecified atom stereocenters. The van der Waals surface area contributed by atoms with Crippen LogP contribution in [0.4, 0.5) is 11.4 Å². The maximum Gasteiger partial charge on any atom is 0.262 e. The van der Waals surface area contributed by atoms with E-state index >= 15 is 0 Å². The van der Waals surface area contributed by atoms with E-state index < -0.39 is 0 Å². The Balaban J connectivity index is 1.65. The van der Waals surface area contributed by atoms with Crippen molar-refractivity contribution in [2.24, 2.45) is 0 Å². The summed E-state index contributed by atoms with van der Waals surface area (Å²) in [6.45, 7) is 2.53. The number of benzene rings is 2. The summed E-state index contributed by atoms with van der Waals surface area (Å²) in [7, 11) is 1.56. The number of methoxy groups -OCH3 is 1. The second kappa shape index (κ2) is 8.58. The summed E-state index contributed by atoms with van der Waals surface area (Å²) in [6, 6.07) is 12.8. The molecule has 0 radical (unpaired) electrons. The molecule has 142 valence electrons. The molecule has 1 aliphatic heterocycles. The molecule has 2 aromatic rings. The van der Waals surface area contributed by atoms with Gasteiger partial charge >= 0.3 is 0 Å². The normalized spacial score (nSPS) is 14.0. The number of nitrogens with one attached hydrogen (secondary N) is 1. The third-order valence-electron chi connectivity index (χ3n) is 4.53. The molecule has 0 aromatic heterocycles. The van der Waals surface area contributed by atoms with Crippen LogP contribution in [0.5, 0.6) is 11.5 Å². The molecule has 1 saturated heterocycles. The van der Waals surface area contributed by atoms with E-state index in [1.165, 1.54) is 0 Å². The van der Waals surface area contributed by atoms with Crippen LogP contribution < -0.4 is 19.7 Å². The molecule has 6 heteroatoms. The minimum Gasteiger partial charge on any atom is -0.494 e. The first-order valence-corrected chi connectivity index (χ1v) is 9.05. The number of para-hydroxylation sites is 1. The molecule has 27 heavy (non-hydrogen) atoms. The van der Waals surface area contributed by atoms with Crippen LogP contribution >= 0.6 is 0 Å². The van der Waals surface area contributed by atoms with Crippen LogP contribution in [0.2, 0.25) is 0 Å². The van der Waals surface area contributed by atoms with E-state index in [-0.39, 0.29) is 18.4 Å². The molecule has 3 rings (SSSR count). The van der Waals surface area contributed by atoms with E-state index in [9.17, 15) is 9.59 Å². The summed E-state index contributed by atoms with van der Waals surface area (Å²) < 4.78 is 11.0. The second-order valence-corrected chi connectivity index (χ2v) is 6.49. The number of carbonyl (C=O) groups excluding carboxylic acids is 2. The van der Waals surface area contributed by atoms with Gasteiger partial charge in [-0.15, -0.1) is 0 Å². The zero-order valence-electron chi connectivity index (χ0n) is 15.7. The van der Waals surface area contributed by atoms with Gasteiger partial charge in [0.1, 0.15) is 11.5 Å². The smallest absolute Gasteiger partial charge is 0.262 e. The van der Waals surface area contributed by atoms with Crippen molar-refractivity contribution in [3.05, 3.63) is 48.0 Å². The average Bonchev–Trinajstić information content (AvgIpc) is 2.68. The number of amides is 2. The first-order valence-electron chi connectivity index (χ1n) is 9.05. The molecule has 2 amide bonds. The Hall–Kier alpha value is -3.02. The number of carbonyl (C=O) groups is 2. The minimum absolute atomic E-state index is 0.0838. The number of ether oxygens (including phenoxy) is 2. The highest BCUT2D eigenvalue weighted by Gasteiger charge is 2.22. The molecule has 1 heterocycles. The van der Waals surface area contributed by atoms with Gasteiger partial charge in [-0.05, 0) is 43.5 Å². The lowest BCUT2D eigenvalue weighted by Gasteiger charge is -2.28. The Morgan fingerprint density at radius 2 is 1.96 bits per heavy atom. The van der Waals surface area contributed by atoms with Gasteiger partial charge in [-0.2, -0.15) is 0 Å². The van der Waals surface area contributed by atoms with Crippen LogP contribution in [0.15, 0.2) is 42.5 Å². The highest BCUT2D eigenvalue weighted by Crippen LogP contribution is 2.33. The number of anilines is 2. The predicted octanol–water partition coefficient (Wildman–Crippen LogP) is 3.54. The fraction of sp³-hybridized carbons (Fsp3) is 0.333. The fourth-order valence-electron chi connectivity index (χ4n) is 3.10. The first-order chi connectivity index (χ1) is 13.1. The molecule has 1 aliphatic rings. The Bertz CT molecular complexity index is 835. The molecule has 6 nitrogen and oxygen atoms in total. The number of nitrogens with zero attached hydrogens (tertiary/aromatic N) is 1. The van der Waals surface area contributed by atoms with Gasteiger partial charge in [0.05, 0.1) is 12.8 Å². The van der Waals surface area contributed by atoms with E-state index in [0.29, 0.717) is 30.2 Å². The molecular weight excluding hydrogens is 344 g/mol. The van der Waals surface area contributed by atoms with E-state index in [4.69, 9.17) is 9.47 Å². The van der Waals surface area contributed by atoms with E-state index in [1.807, 2.05) is 31.2 Å². The summed E-state index contributed by atoms with van der Waals surface area (Å²) in [5.74, 6) is 1.08. The van der Waals surface area contributed by atoms with Crippen LogP contribution in [0, 0.1) is 6.92 Å². The molecule has 1 N–H and O–H groups in total. The quantitative estimate of drug-likeness (QED) is 0.847. The zero-order valence-corrected chi connectivity index (χ0v) is 15.7. The summed E-state index contributed by atoms with van der Waals surface area (Å²) in [5, 5.41) is 2.80. The lowest BCUT2D eigenvalue weighted by molar-refractivity contribution is -0.119. The van der Waals surface area contributed by atoms with Crippen molar-refractivity contribution in [1.82, 2.24) is 0 Å². The average molecular weight is 368 g/mol. The van der Waals surface area contributed by atoms with Gasteiger partial charge in [0.15, 0.2) is 6.61 Å². The Labute approximate surface area is 159 Å². The molecule has 0 saturated carbocycles. The number of piperidine rings is 1. The Morgan fingerprint density at radius 3 is 2.70 bits per heavy atom. The largest absolute Gasteiger partial charge is 0.494 e. The monoisotopic (exact) mass is 368 g/mol. The first kappa shape index (κ1) is 18.8. The zero-order chi connectivity index (χ0) is 19.2. The second-order valence-electron chi connectivity index (χ2n) is 6.49. The van der Waals surface area contributed by atoms with E-state index in [0.717, 1.165) is 24.1 Å². The Kier molecular flexibility index (Phi) is 5.96. The lowest BCUT2D eigenvalue weighted by Crippen LogP contribution is -2.35. The van der Waals surface area contributed by atoms with Crippen LogP contribution in [-0.4, -0.2) is 32.1 Å². The maximum absolute atomic E-state index is 12.2. The standard InChI is InChI=1S/C21H24N2O4/c1-15-7-3-4-8-18(15)27-14-20(24)22-16-10-11-17(19(13-16)26-2)23-12-6-5-9-21(23)25/h3-4,7-8,10-11,13H,5-6,9,12,14H2,1-2H3,(H,22,24). The Morgan fingerprint density at radius 1 is 1.15 bits per heavy atom. The number of rotatable bonds is 6. The molecule has 0 spiro atoms. The molecular formula is C21H24N2O4. The number of hydrogen-bond donors (Lipinski definition) is 1. The highest BCUT2D eigenvalue weighted by atomic mass is 16.5. The molecule has 0 bridgehead atoms. The summed E-state index contributed by atoms with van der Waals surface area (Å²) in [6.07, 6.45) is 2.45. The topological polar surface area (TPSA) is 67.9 Å². The van der Waals surface area contributed by atoms with Gasteiger partial charge in [-0.3, -0.25) is 9.59 Å². The molecule has 0 aliphatic carbocycles. The van der Waals surface area contributed by atoms with Crippen molar-refractivity contribution < 1.29 is 19.1 Å². The van der Waals surface area contributed by atoms with Crippen LogP contribution in [-0.2, 0) is 9.59 Å². The SMILES string of the molecule is COc1cc(NC(=O)COc2ccccc2C)ccc1N1CCCCC1=O. The van der Waals surface area contributed by atoms with Crippen molar-refractivity contribution in [3.63, 3.8) is 0 Å². The summed E-state index contributed by atoms with van der Waals surface area (Å²) in [5.41, 5.74) is 2.30. The van der Waals surface area contributed by atoms with E-state index in [2.05, 4.69) is 5.32 Å². The van der Waals surface area contributed by atoms with Gasteiger partial charge in [-0.1, -0.05) is 18.2 Å². The van der Waals surface area contributed by atoms with Gasteiger partial charge in [0, 0.05) is 24.7 Å². The minimum atomic E-state index is -0.262. The van der Waals surface area contributed by atoms with Gasteiger partial charge in [0.25, 0.3) is 5.91 Å². The van der Waals surface area contributed by atoms with Gasteiger partial charge < -0.3 is 19.7 Å². The predicted molar refractivity (Wildman–Crippen MR) is 105 cm³/mol. The molecule has 2 aromatic carbocycles. The van der Waals surface area contributed by atoms with Crippen LogP contribution in [0.1, 0.15) is 24.8 Å². The molecule has 1 fully saturated rings. The summed E-state index contributed by atoms with van der Waals surface area (Å²) >= 11 is 0. The number of aryl methyl sites for hydroxylation is 1. The summed E-state index contributed by atoms with van der Waals surface area (Å²) in [4.78, 5) is 26.1. The van der Waals surface area contributed by atoms with Crippen LogP contribution in [0.3, 0.4) is 0 Å². The van der Waals surface area contributed by atoms with E-state index in [1.54, 1.807) is 30.2 Å². The van der Waals surface area contributed by atoms with Crippen LogP contribution in [0.25, 0.3) is 0 Å². The van der Waals surface area contributed by atoms with Crippen molar-refractivity contribution in [2.75, 3.05) is 30.5 Å². The molecule has 0 atom stereocenters. The van der Waals surface area contributed by atoms with Crippen molar-refractivity contribution in [2.45, 2.75) is 26.2 Å². The van der Waals surface area contributed by atoms with Gasteiger partial charge in [0.2, 0.25) is 5.91 Å². The lowest BCUT2D eigenvalue weighted by atomic mass is 10.1. The van der Waals surface area contributed by atoms with Crippen molar-refractivity contribution in [3.8, 4) is 11.5 Å². The van der Waals surface area contributed by atoms with Crippen molar-refractivity contribution in [1.29, 1.82) is 0 Å². The third-order valence-corrected chi connectivity index (χ3v) is 4.53. The van der Waals surface area contributed by atoms with Crippen molar-refractivity contribution >= 4 is 23.2 Å². The fourth-order valence-corrected chi connectivity index (χ4v) is 3.10. The third kappa shape index (κ3) is 4.58. The van der Waals surface area contributed by atoms with Gasteiger partial charge in [-0.25, -0.2) is 0 Å². The highest BCUT2D eigenvalue weighted by molar-refractivity contribution is 5.97. The maximum atomic E-state index is 12.2.